The van der Waals surface area contributed by atoms with Gasteiger partial charge in [0.1, 0.15) is 5.82 Å². The van der Waals surface area contributed by atoms with Gasteiger partial charge in [-0.1, -0.05) is 0 Å². The number of hydrogen-bond donors (Lipinski definition) is 1. The Morgan fingerprint density at radius 3 is 2.55 bits per heavy atom. The third-order valence-corrected chi connectivity index (χ3v) is 2.89. The number of carbonyl (C=O) groups excluding carboxylic acids is 1. The van der Waals surface area contributed by atoms with Gasteiger partial charge in [-0.05, 0) is 18.2 Å². The van der Waals surface area contributed by atoms with Gasteiger partial charge in [-0.15, -0.1) is 0 Å². The average Bonchev–Trinajstić information content (AvgIpc) is 2.37. The summed E-state index contributed by atoms with van der Waals surface area (Å²) in [5, 5.41) is 9.58. The Balaban J connectivity index is 2.81. The van der Waals surface area contributed by atoms with Crippen molar-refractivity contribution in [2.75, 3.05) is 46.3 Å². The summed E-state index contributed by atoms with van der Waals surface area (Å²) in [6.07, 6.45) is -0.793. The van der Waals surface area contributed by atoms with Crippen LogP contribution in [0.3, 0.4) is 0 Å². The Morgan fingerprint density at radius 1 is 1.40 bits per heavy atom. The zero-order valence-electron chi connectivity index (χ0n) is 12.3. The van der Waals surface area contributed by atoms with Crippen molar-refractivity contribution in [3.05, 3.63) is 29.6 Å². The SMILES string of the molecule is COCC(O)CN(C)C(=O)c1ccc(N(C)C)cc1F. The van der Waals surface area contributed by atoms with E-state index in [1.54, 1.807) is 25.1 Å². The quantitative estimate of drug-likeness (QED) is 0.846. The van der Waals surface area contributed by atoms with Crippen LogP contribution in [0.2, 0.25) is 0 Å². The first kappa shape index (κ1) is 16.4. The van der Waals surface area contributed by atoms with Crippen LogP contribution in [-0.2, 0) is 4.74 Å². The standard InChI is InChI=1S/C14H21FN2O3/c1-16(2)10-5-6-12(13(15)7-10)14(19)17(3)8-11(18)9-20-4/h5-7,11,18H,8-9H2,1-4H3. The van der Waals surface area contributed by atoms with E-state index in [0.717, 1.165) is 0 Å². The zero-order chi connectivity index (χ0) is 15.3. The van der Waals surface area contributed by atoms with Gasteiger partial charge in [0.05, 0.1) is 18.3 Å². The number of methoxy groups -OCH3 is 1. The van der Waals surface area contributed by atoms with Crippen molar-refractivity contribution in [1.29, 1.82) is 0 Å². The molecule has 0 aliphatic heterocycles. The molecule has 1 rings (SSSR count). The van der Waals surface area contributed by atoms with Gasteiger partial charge < -0.3 is 19.6 Å². The molecule has 0 aliphatic rings. The van der Waals surface area contributed by atoms with Crippen molar-refractivity contribution < 1.29 is 19.0 Å². The molecule has 5 nitrogen and oxygen atoms in total. The Kier molecular flexibility index (Phi) is 5.91. The van der Waals surface area contributed by atoms with Crippen molar-refractivity contribution in [1.82, 2.24) is 4.90 Å². The largest absolute Gasteiger partial charge is 0.389 e. The minimum absolute atomic E-state index is 0.0114. The van der Waals surface area contributed by atoms with E-state index in [1.807, 2.05) is 0 Å². The number of hydrogen-bond acceptors (Lipinski definition) is 4. The lowest BCUT2D eigenvalue weighted by Gasteiger charge is -2.21. The highest BCUT2D eigenvalue weighted by Gasteiger charge is 2.19. The van der Waals surface area contributed by atoms with Crippen LogP contribution in [-0.4, -0.2) is 63.4 Å². The van der Waals surface area contributed by atoms with E-state index in [9.17, 15) is 14.3 Å². The summed E-state index contributed by atoms with van der Waals surface area (Å²) in [5.74, 6) is -1.04. The van der Waals surface area contributed by atoms with Gasteiger partial charge >= 0.3 is 0 Å². The molecule has 1 N–H and O–H groups in total. The Morgan fingerprint density at radius 2 is 2.05 bits per heavy atom. The van der Waals surface area contributed by atoms with Gasteiger partial charge in [0.15, 0.2) is 0 Å². The van der Waals surface area contributed by atoms with Crippen molar-refractivity contribution in [3.8, 4) is 0 Å². The van der Waals surface area contributed by atoms with Crippen LogP contribution in [0.25, 0.3) is 0 Å². The molecule has 0 spiro atoms. The molecule has 0 aromatic heterocycles. The molecule has 0 heterocycles. The summed E-state index contributed by atoms with van der Waals surface area (Å²) in [6, 6.07) is 4.44. The van der Waals surface area contributed by atoms with Gasteiger partial charge in [-0.2, -0.15) is 0 Å². The van der Waals surface area contributed by atoms with Crippen LogP contribution in [0.1, 0.15) is 10.4 Å². The summed E-state index contributed by atoms with van der Waals surface area (Å²) in [4.78, 5) is 15.1. The summed E-state index contributed by atoms with van der Waals surface area (Å²) < 4.78 is 18.7. The highest BCUT2D eigenvalue weighted by atomic mass is 19.1. The van der Waals surface area contributed by atoms with E-state index < -0.39 is 17.8 Å². The molecule has 6 heteroatoms. The Labute approximate surface area is 118 Å². The second-order valence-electron chi connectivity index (χ2n) is 4.85. The maximum Gasteiger partial charge on any atom is 0.256 e. The summed E-state index contributed by atoms with van der Waals surface area (Å²) in [5.41, 5.74) is 0.670. The molecule has 0 aliphatic carbocycles. The first-order chi connectivity index (χ1) is 9.36. The van der Waals surface area contributed by atoms with E-state index in [1.165, 1.54) is 31.2 Å². The molecule has 1 aromatic carbocycles. The molecule has 1 atom stereocenters. The second-order valence-corrected chi connectivity index (χ2v) is 4.85. The number of aliphatic hydroxyl groups excluding tert-OH is 1. The fourth-order valence-corrected chi connectivity index (χ4v) is 1.81. The van der Waals surface area contributed by atoms with Crippen LogP contribution in [0.4, 0.5) is 10.1 Å². The predicted molar refractivity (Wildman–Crippen MR) is 75.6 cm³/mol. The highest BCUT2D eigenvalue weighted by molar-refractivity contribution is 5.94. The molecule has 112 valence electrons. The van der Waals surface area contributed by atoms with Gasteiger partial charge in [0.25, 0.3) is 5.91 Å². The van der Waals surface area contributed by atoms with Crippen molar-refractivity contribution >= 4 is 11.6 Å². The van der Waals surface area contributed by atoms with E-state index in [-0.39, 0.29) is 18.7 Å². The lowest BCUT2D eigenvalue weighted by Crippen LogP contribution is -2.36. The molecule has 1 aromatic rings. The Bertz CT molecular complexity index is 466. The van der Waals surface area contributed by atoms with E-state index in [0.29, 0.717) is 5.69 Å². The van der Waals surface area contributed by atoms with Gasteiger partial charge in [0, 0.05) is 40.5 Å². The fraction of sp³-hybridized carbons (Fsp3) is 0.500. The van der Waals surface area contributed by atoms with Crippen LogP contribution in [0, 0.1) is 5.82 Å². The monoisotopic (exact) mass is 284 g/mol. The smallest absolute Gasteiger partial charge is 0.256 e. The van der Waals surface area contributed by atoms with Crippen LogP contribution in [0.5, 0.6) is 0 Å². The molecule has 0 saturated heterocycles. The minimum atomic E-state index is -0.793. The molecule has 1 amide bonds. The normalized spacial score (nSPS) is 12.1. The van der Waals surface area contributed by atoms with E-state index in [4.69, 9.17) is 4.74 Å². The molecule has 0 bridgehead atoms. The number of ether oxygens (including phenoxy) is 1. The molecule has 0 saturated carbocycles. The second kappa shape index (κ2) is 7.21. The van der Waals surface area contributed by atoms with E-state index in [2.05, 4.69) is 0 Å². The number of halogens is 1. The van der Waals surface area contributed by atoms with Gasteiger partial charge in [-0.3, -0.25) is 4.79 Å². The predicted octanol–water partition coefficient (Wildman–Crippen LogP) is 0.971. The lowest BCUT2D eigenvalue weighted by molar-refractivity contribution is 0.0378. The zero-order valence-corrected chi connectivity index (χ0v) is 12.3. The van der Waals surface area contributed by atoms with Gasteiger partial charge in [0.2, 0.25) is 0 Å². The van der Waals surface area contributed by atoms with Gasteiger partial charge in [-0.25, -0.2) is 4.39 Å². The van der Waals surface area contributed by atoms with Crippen molar-refractivity contribution in [3.63, 3.8) is 0 Å². The number of carbonyl (C=O) groups is 1. The molecular formula is C14H21FN2O3. The fourth-order valence-electron chi connectivity index (χ4n) is 1.81. The molecule has 0 fully saturated rings. The summed E-state index contributed by atoms with van der Waals surface area (Å²) in [7, 11) is 6.57. The number of benzene rings is 1. The number of amides is 1. The maximum atomic E-state index is 13.9. The van der Waals surface area contributed by atoms with Crippen molar-refractivity contribution in [2.24, 2.45) is 0 Å². The number of aliphatic hydroxyl groups is 1. The van der Waals surface area contributed by atoms with Crippen molar-refractivity contribution in [2.45, 2.75) is 6.10 Å². The van der Waals surface area contributed by atoms with E-state index >= 15 is 0 Å². The lowest BCUT2D eigenvalue weighted by atomic mass is 10.1. The van der Waals surface area contributed by atoms with Crippen LogP contribution < -0.4 is 4.90 Å². The number of nitrogens with zero attached hydrogens (tertiary/aromatic N) is 2. The maximum absolute atomic E-state index is 13.9. The first-order valence-electron chi connectivity index (χ1n) is 6.26. The first-order valence-corrected chi connectivity index (χ1v) is 6.26. The summed E-state index contributed by atoms with van der Waals surface area (Å²) >= 11 is 0. The topological polar surface area (TPSA) is 53.0 Å². The summed E-state index contributed by atoms with van der Waals surface area (Å²) in [6.45, 7) is 0.210. The third-order valence-electron chi connectivity index (χ3n) is 2.89. The van der Waals surface area contributed by atoms with Crippen LogP contribution in [0.15, 0.2) is 18.2 Å². The number of likely N-dealkylation sites (N-methyl/N-ethyl adjacent to an activating group) is 1. The Hall–Kier alpha value is -1.66. The third kappa shape index (κ3) is 4.18. The average molecular weight is 284 g/mol. The van der Waals surface area contributed by atoms with Crippen LogP contribution >= 0.6 is 0 Å². The molecule has 0 radical (unpaired) electrons. The number of rotatable bonds is 6. The highest BCUT2D eigenvalue weighted by Crippen LogP contribution is 2.18. The molecule has 20 heavy (non-hydrogen) atoms. The molecule has 1 unspecified atom stereocenters. The molecular weight excluding hydrogens is 263 g/mol. The minimum Gasteiger partial charge on any atom is -0.389 e. The number of anilines is 1.